The predicted molar refractivity (Wildman–Crippen MR) is 71.5 cm³/mol. The van der Waals surface area contributed by atoms with E-state index < -0.39 is 0 Å². The van der Waals surface area contributed by atoms with Gasteiger partial charge in [0.25, 0.3) is 0 Å². The van der Waals surface area contributed by atoms with Crippen LogP contribution in [-0.4, -0.2) is 14.9 Å². The number of nitrogens with zero attached hydrogens (tertiary/aromatic N) is 2. The molecule has 0 unspecified atom stereocenters. The lowest BCUT2D eigenvalue weighted by atomic mass is 9.86. The molecule has 1 heterocycles. The molecule has 1 aromatic rings. The minimum absolute atomic E-state index is 0.0426. The van der Waals surface area contributed by atoms with Gasteiger partial charge in [-0.25, -0.2) is 4.68 Å². The fourth-order valence-corrected chi connectivity index (χ4v) is 2.15. The number of rotatable bonds is 5. The highest BCUT2D eigenvalue weighted by Crippen LogP contribution is 2.34. The first-order chi connectivity index (χ1) is 7.91. The van der Waals surface area contributed by atoms with Crippen LogP contribution in [0.2, 0.25) is 0 Å². The third kappa shape index (κ3) is 3.24. The van der Waals surface area contributed by atoms with Gasteiger partial charge < -0.3 is 5.11 Å². The lowest BCUT2D eigenvalue weighted by molar-refractivity contribution is 0.380. The van der Waals surface area contributed by atoms with E-state index in [2.05, 4.69) is 39.7 Å². The Labute approximate surface area is 105 Å². The summed E-state index contributed by atoms with van der Waals surface area (Å²) < 4.78 is 1.77. The Morgan fingerprint density at radius 1 is 1.18 bits per heavy atom. The van der Waals surface area contributed by atoms with E-state index in [1.165, 1.54) is 0 Å². The molecule has 98 valence electrons. The maximum Gasteiger partial charge on any atom is 0.213 e. The molecule has 0 fully saturated rings. The molecule has 0 spiro atoms. The quantitative estimate of drug-likeness (QED) is 0.850. The van der Waals surface area contributed by atoms with Crippen molar-refractivity contribution in [1.82, 2.24) is 9.78 Å². The molecule has 0 aromatic carbocycles. The first-order valence-electron chi connectivity index (χ1n) is 6.70. The molecule has 0 saturated heterocycles. The largest absolute Gasteiger partial charge is 0.493 e. The van der Waals surface area contributed by atoms with Crippen LogP contribution in [0.3, 0.4) is 0 Å². The summed E-state index contributed by atoms with van der Waals surface area (Å²) in [4.78, 5) is 0. The smallest absolute Gasteiger partial charge is 0.213 e. The molecule has 0 aliphatic carbocycles. The predicted octanol–water partition coefficient (Wildman–Crippen LogP) is 3.64. The number of unbranched alkanes of at least 4 members (excludes halogenated alkanes) is 1. The molecule has 0 aliphatic heterocycles. The molecule has 0 aliphatic rings. The number of aryl methyl sites for hydroxylation is 2. The van der Waals surface area contributed by atoms with Gasteiger partial charge in [0.1, 0.15) is 0 Å². The van der Waals surface area contributed by atoms with E-state index in [0.717, 1.165) is 43.5 Å². The number of aromatic hydroxyl groups is 1. The van der Waals surface area contributed by atoms with Crippen molar-refractivity contribution in [3.8, 4) is 5.88 Å². The third-order valence-electron chi connectivity index (χ3n) is 2.96. The minimum Gasteiger partial charge on any atom is -0.493 e. The van der Waals surface area contributed by atoms with Gasteiger partial charge in [0.2, 0.25) is 5.88 Å². The van der Waals surface area contributed by atoms with Crippen LogP contribution >= 0.6 is 0 Å². The second-order valence-electron chi connectivity index (χ2n) is 5.72. The minimum atomic E-state index is -0.0426. The van der Waals surface area contributed by atoms with Crippen molar-refractivity contribution in [2.24, 2.45) is 0 Å². The van der Waals surface area contributed by atoms with Crippen LogP contribution in [0.25, 0.3) is 0 Å². The van der Waals surface area contributed by atoms with E-state index in [9.17, 15) is 5.11 Å². The molecule has 3 nitrogen and oxygen atoms in total. The van der Waals surface area contributed by atoms with Gasteiger partial charge in [-0.15, -0.1) is 0 Å². The Morgan fingerprint density at radius 3 is 2.29 bits per heavy atom. The van der Waals surface area contributed by atoms with Crippen molar-refractivity contribution in [3.63, 3.8) is 0 Å². The first kappa shape index (κ1) is 14.1. The highest BCUT2D eigenvalue weighted by Gasteiger charge is 2.26. The van der Waals surface area contributed by atoms with Crippen molar-refractivity contribution in [2.75, 3.05) is 0 Å². The molecule has 0 atom stereocenters. The molecule has 17 heavy (non-hydrogen) atoms. The van der Waals surface area contributed by atoms with E-state index in [0.29, 0.717) is 5.88 Å². The summed E-state index contributed by atoms with van der Waals surface area (Å²) in [6.45, 7) is 11.5. The Morgan fingerprint density at radius 2 is 1.82 bits per heavy atom. The molecular weight excluding hydrogens is 212 g/mol. The summed E-state index contributed by atoms with van der Waals surface area (Å²) in [6.07, 6.45) is 4.18. The van der Waals surface area contributed by atoms with Crippen molar-refractivity contribution in [3.05, 3.63) is 11.3 Å². The summed E-state index contributed by atoms with van der Waals surface area (Å²) in [5.74, 6) is 0.370. The Bertz CT molecular complexity index is 361. The van der Waals surface area contributed by atoms with Gasteiger partial charge in [-0.05, 0) is 18.3 Å². The van der Waals surface area contributed by atoms with Gasteiger partial charge in [0.05, 0.1) is 5.69 Å². The number of aromatic nitrogens is 2. The van der Waals surface area contributed by atoms with Gasteiger partial charge in [-0.1, -0.05) is 47.5 Å². The van der Waals surface area contributed by atoms with Gasteiger partial charge in [0.15, 0.2) is 0 Å². The maximum absolute atomic E-state index is 10.3. The number of hydrogen-bond acceptors (Lipinski definition) is 2. The summed E-state index contributed by atoms with van der Waals surface area (Å²) in [6, 6.07) is 0. The highest BCUT2D eigenvalue weighted by molar-refractivity contribution is 5.37. The Balaban J connectivity index is 3.11. The van der Waals surface area contributed by atoms with E-state index >= 15 is 0 Å². The third-order valence-corrected chi connectivity index (χ3v) is 2.96. The SMILES string of the molecule is CCCCn1nc(CCC)c(C(C)(C)C)c1O. The molecule has 1 aromatic heterocycles. The van der Waals surface area contributed by atoms with Crippen LogP contribution in [0, 0.1) is 0 Å². The molecule has 0 bridgehead atoms. The van der Waals surface area contributed by atoms with E-state index in [4.69, 9.17) is 0 Å². The fourth-order valence-electron chi connectivity index (χ4n) is 2.15. The van der Waals surface area contributed by atoms with Gasteiger partial charge in [-0.3, -0.25) is 0 Å². The van der Waals surface area contributed by atoms with Crippen LogP contribution in [0.1, 0.15) is 65.1 Å². The molecular formula is C14H26N2O. The van der Waals surface area contributed by atoms with Gasteiger partial charge in [-0.2, -0.15) is 5.10 Å². The van der Waals surface area contributed by atoms with Crippen molar-refractivity contribution < 1.29 is 5.11 Å². The maximum atomic E-state index is 10.3. The average molecular weight is 238 g/mol. The van der Waals surface area contributed by atoms with Crippen molar-refractivity contribution in [2.45, 2.75) is 72.3 Å². The van der Waals surface area contributed by atoms with Gasteiger partial charge >= 0.3 is 0 Å². The monoisotopic (exact) mass is 238 g/mol. The molecule has 1 rings (SSSR count). The molecule has 0 radical (unpaired) electrons. The summed E-state index contributed by atoms with van der Waals surface area (Å²) >= 11 is 0. The summed E-state index contributed by atoms with van der Waals surface area (Å²) in [5, 5.41) is 14.9. The van der Waals surface area contributed by atoms with E-state index in [1.807, 2.05) is 0 Å². The molecule has 1 N–H and O–H groups in total. The van der Waals surface area contributed by atoms with Crippen LogP contribution in [0.5, 0.6) is 5.88 Å². The average Bonchev–Trinajstić information content (AvgIpc) is 2.52. The highest BCUT2D eigenvalue weighted by atomic mass is 16.3. The topological polar surface area (TPSA) is 38.0 Å². The molecule has 3 heteroatoms. The van der Waals surface area contributed by atoms with Crippen LogP contribution in [-0.2, 0) is 18.4 Å². The normalized spacial score (nSPS) is 12.1. The zero-order chi connectivity index (χ0) is 13.1. The van der Waals surface area contributed by atoms with E-state index in [1.54, 1.807) is 4.68 Å². The molecule has 0 saturated carbocycles. The van der Waals surface area contributed by atoms with Crippen LogP contribution < -0.4 is 0 Å². The Hall–Kier alpha value is -0.990. The van der Waals surface area contributed by atoms with Gasteiger partial charge in [0, 0.05) is 12.1 Å². The number of hydrogen-bond donors (Lipinski definition) is 1. The molecule has 0 amide bonds. The first-order valence-corrected chi connectivity index (χ1v) is 6.70. The Kier molecular flexibility index (Phi) is 4.61. The fraction of sp³-hybridized carbons (Fsp3) is 0.786. The second kappa shape index (κ2) is 5.56. The van der Waals surface area contributed by atoms with Crippen LogP contribution in [0.4, 0.5) is 0 Å². The van der Waals surface area contributed by atoms with E-state index in [-0.39, 0.29) is 5.41 Å². The zero-order valence-corrected chi connectivity index (χ0v) is 11.9. The lowest BCUT2D eigenvalue weighted by Crippen LogP contribution is -2.13. The van der Waals surface area contributed by atoms with Crippen LogP contribution in [0.15, 0.2) is 0 Å². The second-order valence-corrected chi connectivity index (χ2v) is 5.72. The summed E-state index contributed by atoms with van der Waals surface area (Å²) in [7, 11) is 0. The van der Waals surface area contributed by atoms with Crippen molar-refractivity contribution >= 4 is 0 Å². The summed E-state index contributed by atoms with van der Waals surface area (Å²) in [5.41, 5.74) is 2.04. The lowest BCUT2D eigenvalue weighted by Gasteiger charge is -2.18. The zero-order valence-electron chi connectivity index (χ0n) is 11.9. The standard InChI is InChI=1S/C14H26N2O/c1-6-8-10-16-13(17)12(14(3,4)5)11(15-16)9-7-2/h17H,6-10H2,1-5H3. The van der Waals surface area contributed by atoms with Crippen molar-refractivity contribution in [1.29, 1.82) is 0 Å².